The highest BCUT2D eigenvalue weighted by atomic mass is 35.5. The van der Waals surface area contributed by atoms with Gasteiger partial charge in [0, 0.05) is 36.9 Å². The molecule has 4 aromatic rings. The number of halogens is 1. The van der Waals surface area contributed by atoms with Crippen LogP contribution in [0.2, 0.25) is 5.02 Å². The number of carbonyl (C=O) groups is 1. The van der Waals surface area contributed by atoms with Crippen LogP contribution in [0.15, 0.2) is 59.7 Å². The number of anilines is 1. The maximum Gasteiger partial charge on any atom is 0.264 e. The van der Waals surface area contributed by atoms with Crippen LogP contribution in [0.25, 0.3) is 10.2 Å². The zero-order chi connectivity index (χ0) is 24.5. The van der Waals surface area contributed by atoms with Gasteiger partial charge >= 0.3 is 0 Å². The van der Waals surface area contributed by atoms with Gasteiger partial charge in [-0.15, -0.1) is 11.3 Å². The second-order valence-corrected chi connectivity index (χ2v) is 9.89. The van der Waals surface area contributed by atoms with Gasteiger partial charge in [0.15, 0.2) is 0 Å². The molecule has 0 N–H and O–H groups in total. The average molecular weight is 509 g/mol. The first-order valence-corrected chi connectivity index (χ1v) is 12.6. The van der Waals surface area contributed by atoms with Crippen LogP contribution in [-0.4, -0.2) is 53.6 Å². The van der Waals surface area contributed by atoms with E-state index >= 15 is 0 Å². The van der Waals surface area contributed by atoms with Crippen LogP contribution in [0.1, 0.15) is 20.8 Å². The van der Waals surface area contributed by atoms with Gasteiger partial charge in [-0.2, -0.15) is 0 Å². The minimum Gasteiger partial charge on any atom is -0.497 e. The van der Waals surface area contributed by atoms with Gasteiger partial charge in [-0.1, -0.05) is 29.8 Å². The number of aryl methyl sites for hydroxylation is 1. The third kappa shape index (κ3) is 4.51. The standard InChI is InChI=1S/C26H25ClN4O3S/c1-17-22-24(28-16-31(25(22)32)15-18-5-3-4-6-21(18)27)35-23(17)26(33)30-13-11-29(12-14-30)19-7-9-20(34-2)10-8-19/h3-10,16H,11-15H2,1-2H3. The van der Waals surface area contributed by atoms with Crippen molar-refractivity contribution in [1.29, 1.82) is 0 Å². The number of benzene rings is 2. The van der Waals surface area contributed by atoms with Gasteiger partial charge in [0.1, 0.15) is 10.6 Å². The third-order valence-electron chi connectivity index (χ3n) is 6.41. The van der Waals surface area contributed by atoms with Gasteiger partial charge in [0.25, 0.3) is 11.5 Å². The number of aromatic nitrogens is 2. The monoisotopic (exact) mass is 508 g/mol. The molecule has 35 heavy (non-hydrogen) atoms. The molecule has 0 atom stereocenters. The van der Waals surface area contributed by atoms with E-state index in [4.69, 9.17) is 16.3 Å². The molecule has 1 saturated heterocycles. The number of fused-ring (bicyclic) bond motifs is 1. The normalized spacial score (nSPS) is 13.9. The largest absolute Gasteiger partial charge is 0.497 e. The number of amides is 1. The van der Waals surface area contributed by atoms with E-state index in [1.165, 1.54) is 17.7 Å². The van der Waals surface area contributed by atoms with Gasteiger partial charge in [-0.05, 0) is 48.4 Å². The lowest BCUT2D eigenvalue weighted by molar-refractivity contribution is 0.0751. The molecule has 0 radical (unpaired) electrons. The fourth-order valence-corrected chi connectivity index (χ4v) is 5.69. The smallest absolute Gasteiger partial charge is 0.264 e. The molecule has 1 aliphatic rings. The first-order chi connectivity index (χ1) is 17.0. The van der Waals surface area contributed by atoms with Crippen molar-refractivity contribution in [2.75, 3.05) is 38.2 Å². The molecule has 5 rings (SSSR count). The highest BCUT2D eigenvalue weighted by Gasteiger charge is 2.27. The van der Waals surface area contributed by atoms with Crippen molar-refractivity contribution >= 4 is 44.7 Å². The second-order valence-electron chi connectivity index (χ2n) is 8.48. The fourth-order valence-electron chi connectivity index (χ4n) is 4.39. The average Bonchev–Trinajstić information content (AvgIpc) is 3.23. The first kappa shape index (κ1) is 23.4. The summed E-state index contributed by atoms with van der Waals surface area (Å²) < 4.78 is 6.78. The van der Waals surface area contributed by atoms with E-state index in [1.54, 1.807) is 17.7 Å². The van der Waals surface area contributed by atoms with Crippen molar-refractivity contribution in [3.8, 4) is 5.75 Å². The summed E-state index contributed by atoms with van der Waals surface area (Å²) in [5.74, 6) is 0.777. The molecule has 180 valence electrons. The Kier molecular flexibility index (Phi) is 6.49. The van der Waals surface area contributed by atoms with Crippen LogP contribution in [0, 0.1) is 6.92 Å². The van der Waals surface area contributed by atoms with Crippen molar-refractivity contribution in [3.05, 3.63) is 86.2 Å². The number of ether oxygens (including phenoxy) is 1. The highest BCUT2D eigenvalue weighted by Crippen LogP contribution is 2.29. The van der Waals surface area contributed by atoms with Gasteiger partial charge in [0.2, 0.25) is 0 Å². The number of methoxy groups -OCH3 is 1. The molecule has 7 nitrogen and oxygen atoms in total. The van der Waals surface area contributed by atoms with E-state index in [2.05, 4.69) is 9.88 Å². The summed E-state index contributed by atoms with van der Waals surface area (Å²) in [4.78, 5) is 36.4. The van der Waals surface area contributed by atoms with Crippen LogP contribution in [0.5, 0.6) is 5.75 Å². The Morgan fingerprint density at radius 3 is 2.49 bits per heavy atom. The van der Waals surface area contributed by atoms with E-state index in [0.29, 0.717) is 45.3 Å². The Hall–Kier alpha value is -3.36. The minimum absolute atomic E-state index is 0.0445. The lowest BCUT2D eigenvalue weighted by atomic mass is 10.1. The molecular weight excluding hydrogens is 484 g/mol. The highest BCUT2D eigenvalue weighted by molar-refractivity contribution is 7.20. The molecule has 2 aromatic carbocycles. The Morgan fingerprint density at radius 2 is 1.80 bits per heavy atom. The van der Waals surface area contributed by atoms with Crippen molar-refractivity contribution in [2.24, 2.45) is 0 Å². The summed E-state index contributed by atoms with van der Waals surface area (Å²) in [6, 6.07) is 15.4. The quantitative estimate of drug-likeness (QED) is 0.399. The summed E-state index contributed by atoms with van der Waals surface area (Å²) in [6.07, 6.45) is 1.53. The number of thiophene rings is 1. The maximum atomic E-state index is 13.4. The molecular formula is C26H25ClN4O3S. The van der Waals surface area contributed by atoms with Gasteiger partial charge in [-0.25, -0.2) is 4.98 Å². The van der Waals surface area contributed by atoms with Crippen LogP contribution >= 0.6 is 22.9 Å². The number of nitrogens with zero attached hydrogens (tertiary/aromatic N) is 4. The number of carbonyl (C=O) groups excluding carboxylic acids is 1. The zero-order valence-electron chi connectivity index (χ0n) is 19.5. The molecule has 1 aliphatic heterocycles. The predicted molar refractivity (Wildman–Crippen MR) is 140 cm³/mol. The van der Waals surface area contributed by atoms with E-state index in [-0.39, 0.29) is 11.5 Å². The van der Waals surface area contributed by atoms with Crippen molar-refractivity contribution in [2.45, 2.75) is 13.5 Å². The zero-order valence-corrected chi connectivity index (χ0v) is 21.1. The second kappa shape index (κ2) is 9.71. The molecule has 0 spiro atoms. The molecule has 1 amide bonds. The Balaban J connectivity index is 1.34. The maximum absolute atomic E-state index is 13.4. The van der Waals surface area contributed by atoms with Crippen LogP contribution < -0.4 is 15.2 Å². The fraction of sp³-hybridized carbons (Fsp3) is 0.269. The third-order valence-corrected chi connectivity index (χ3v) is 7.97. The predicted octanol–water partition coefficient (Wildman–Crippen LogP) is 4.44. The number of rotatable bonds is 5. The minimum atomic E-state index is -0.160. The van der Waals surface area contributed by atoms with Crippen molar-refractivity contribution in [3.63, 3.8) is 0 Å². The number of piperazine rings is 1. The first-order valence-electron chi connectivity index (χ1n) is 11.4. The van der Waals surface area contributed by atoms with Gasteiger partial charge < -0.3 is 14.5 Å². The SMILES string of the molecule is COc1ccc(N2CCN(C(=O)c3sc4ncn(Cc5ccccc5Cl)c(=O)c4c3C)CC2)cc1. The van der Waals surface area contributed by atoms with Gasteiger partial charge in [-0.3, -0.25) is 14.2 Å². The van der Waals surface area contributed by atoms with Crippen LogP contribution in [0.4, 0.5) is 5.69 Å². The molecule has 1 fully saturated rings. The molecule has 9 heteroatoms. The van der Waals surface area contributed by atoms with E-state index < -0.39 is 0 Å². The van der Waals surface area contributed by atoms with Crippen molar-refractivity contribution in [1.82, 2.24) is 14.5 Å². The molecule has 0 bridgehead atoms. The molecule has 0 saturated carbocycles. The Morgan fingerprint density at radius 1 is 1.09 bits per heavy atom. The molecule has 0 aliphatic carbocycles. The summed E-state index contributed by atoms with van der Waals surface area (Å²) in [6.45, 7) is 4.87. The van der Waals surface area contributed by atoms with E-state index in [9.17, 15) is 9.59 Å². The van der Waals surface area contributed by atoms with Crippen LogP contribution in [-0.2, 0) is 6.54 Å². The number of hydrogen-bond donors (Lipinski definition) is 0. The Labute approximate surface area is 212 Å². The van der Waals surface area contributed by atoms with Crippen molar-refractivity contribution < 1.29 is 9.53 Å². The molecule has 2 aromatic heterocycles. The summed E-state index contributed by atoms with van der Waals surface area (Å²) in [5, 5.41) is 1.11. The lowest BCUT2D eigenvalue weighted by Gasteiger charge is -2.36. The summed E-state index contributed by atoms with van der Waals surface area (Å²) in [5.41, 5.74) is 2.49. The molecule has 0 unspecified atom stereocenters. The topological polar surface area (TPSA) is 67.7 Å². The van der Waals surface area contributed by atoms with Crippen LogP contribution in [0.3, 0.4) is 0 Å². The van der Waals surface area contributed by atoms with Gasteiger partial charge in [0.05, 0.1) is 30.2 Å². The summed E-state index contributed by atoms with van der Waals surface area (Å²) >= 11 is 7.57. The summed E-state index contributed by atoms with van der Waals surface area (Å²) in [7, 11) is 1.65. The lowest BCUT2D eigenvalue weighted by Crippen LogP contribution is -2.48. The van der Waals surface area contributed by atoms with E-state index in [0.717, 1.165) is 30.1 Å². The number of hydrogen-bond acceptors (Lipinski definition) is 6. The van der Waals surface area contributed by atoms with E-state index in [1.807, 2.05) is 54.3 Å². The molecule has 3 heterocycles. The Bertz CT molecular complexity index is 1440.